The summed E-state index contributed by atoms with van der Waals surface area (Å²) in [6.45, 7) is 2.38. The fourth-order valence-corrected chi connectivity index (χ4v) is 2.33. The van der Waals surface area contributed by atoms with Crippen molar-refractivity contribution in [3.05, 3.63) is 48.2 Å². The van der Waals surface area contributed by atoms with Crippen LogP contribution in [0.4, 0.5) is 5.82 Å². The first-order valence-corrected chi connectivity index (χ1v) is 6.32. The predicted octanol–water partition coefficient (Wildman–Crippen LogP) is 1.50. The van der Waals surface area contributed by atoms with Crippen molar-refractivity contribution in [3.8, 4) is 0 Å². The molecule has 0 spiro atoms. The van der Waals surface area contributed by atoms with Crippen LogP contribution in [0.3, 0.4) is 0 Å². The van der Waals surface area contributed by atoms with Crippen molar-refractivity contribution < 1.29 is 5.11 Å². The average molecular weight is 243 g/mol. The normalized spacial score (nSPS) is 19.4. The number of nitrogens with zero attached hydrogens (tertiary/aromatic N) is 3. The zero-order chi connectivity index (χ0) is 12.4. The van der Waals surface area contributed by atoms with Gasteiger partial charge in [0.2, 0.25) is 0 Å². The number of rotatable bonds is 3. The van der Waals surface area contributed by atoms with Gasteiger partial charge in [0.25, 0.3) is 0 Å². The Kier molecular flexibility index (Phi) is 3.02. The van der Waals surface area contributed by atoms with Crippen molar-refractivity contribution in [3.63, 3.8) is 0 Å². The monoisotopic (exact) mass is 243 g/mol. The Bertz CT molecular complexity index is 509. The highest BCUT2D eigenvalue weighted by Crippen LogP contribution is 2.18. The van der Waals surface area contributed by atoms with Gasteiger partial charge in [-0.15, -0.1) is 0 Å². The Morgan fingerprint density at radius 3 is 2.78 bits per heavy atom. The molecular weight excluding hydrogens is 226 g/mol. The minimum absolute atomic E-state index is 0.204. The predicted molar refractivity (Wildman–Crippen MR) is 70.6 cm³/mol. The molecule has 0 saturated carbocycles. The van der Waals surface area contributed by atoms with E-state index in [1.165, 1.54) is 5.56 Å². The van der Waals surface area contributed by atoms with Crippen LogP contribution in [0.2, 0.25) is 0 Å². The van der Waals surface area contributed by atoms with Gasteiger partial charge in [-0.2, -0.15) is 5.10 Å². The van der Waals surface area contributed by atoms with Crippen LogP contribution in [0.1, 0.15) is 12.0 Å². The van der Waals surface area contributed by atoms with Crippen molar-refractivity contribution in [2.24, 2.45) is 0 Å². The van der Waals surface area contributed by atoms with Gasteiger partial charge in [-0.25, -0.2) is 0 Å². The SMILES string of the molecule is O[C@H]1CCN(c2ccn(Cc3ccccc3)n2)C1. The molecule has 1 aliphatic rings. The molecule has 0 amide bonds. The minimum atomic E-state index is -0.204. The van der Waals surface area contributed by atoms with Crippen LogP contribution in [0.25, 0.3) is 0 Å². The smallest absolute Gasteiger partial charge is 0.150 e. The molecule has 3 rings (SSSR count). The first-order chi connectivity index (χ1) is 8.81. The van der Waals surface area contributed by atoms with E-state index in [4.69, 9.17) is 0 Å². The van der Waals surface area contributed by atoms with E-state index < -0.39 is 0 Å². The second-order valence-electron chi connectivity index (χ2n) is 4.75. The van der Waals surface area contributed by atoms with E-state index in [-0.39, 0.29) is 6.10 Å². The van der Waals surface area contributed by atoms with Crippen LogP contribution in [0.15, 0.2) is 42.6 Å². The Hall–Kier alpha value is -1.81. The molecule has 1 aromatic heterocycles. The van der Waals surface area contributed by atoms with Crippen molar-refractivity contribution in [2.75, 3.05) is 18.0 Å². The summed E-state index contributed by atoms with van der Waals surface area (Å²) in [6, 6.07) is 12.3. The van der Waals surface area contributed by atoms with Crippen LogP contribution in [-0.2, 0) is 6.54 Å². The fraction of sp³-hybridized carbons (Fsp3) is 0.357. The summed E-state index contributed by atoms with van der Waals surface area (Å²) in [5, 5.41) is 14.1. The van der Waals surface area contributed by atoms with Crippen molar-refractivity contribution in [2.45, 2.75) is 19.1 Å². The Balaban J connectivity index is 1.70. The van der Waals surface area contributed by atoms with Gasteiger partial charge < -0.3 is 10.0 Å². The van der Waals surface area contributed by atoms with E-state index in [2.05, 4.69) is 22.1 Å². The van der Waals surface area contributed by atoms with Gasteiger partial charge >= 0.3 is 0 Å². The summed E-state index contributed by atoms with van der Waals surface area (Å²) in [4.78, 5) is 2.13. The molecule has 0 aliphatic carbocycles. The molecule has 18 heavy (non-hydrogen) atoms. The highest BCUT2D eigenvalue weighted by atomic mass is 16.3. The molecule has 1 atom stereocenters. The maximum atomic E-state index is 9.53. The van der Waals surface area contributed by atoms with Crippen molar-refractivity contribution in [1.82, 2.24) is 9.78 Å². The van der Waals surface area contributed by atoms with E-state index >= 15 is 0 Å². The first kappa shape index (κ1) is 11.3. The summed E-state index contributed by atoms with van der Waals surface area (Å²) < 4.78 is 1.94. The van der Waals surface area contributed by atoms with Gasteiger partial charge in [0.05, 0.1) is 12.6 Å². The highest BCUT2D eigenvalue weighted by molar-refractivity contribution is 5.38. The van der Waals surface area contributed by atoms with E-state index in [1.54, 1.807) is 0 Å². The summed E-state index contributed by atoms with van der Waals surface area (Å²) in [7, 11) is 0. The second-order valence-corrected chi connectivity index (χ2v) is 4.75. The topological polar surface area (TPSA) is 41.3 Å². The summed E-state index contributed by atoms with van der Waals surface area (Å²) in [5.74, 6) is 0.961. The number of hydrogen-bond donors (Lipinski definition) is 1. The second kappa shape index (κ2) is 4.82. The lowest BCUT2D eigenvalue weighted by Crippen LogP contribution is -2.21. The van der Waals surface area contributed by atoms with Gasteiger partial charge in [-0.05, 0) is 12.0 Å². The van der Waals surface area contributed by atoms with Crippen LogP contribution in [0.5, 0.6) is 0 Å². The summed E-state index contributed by atoms with van der Waals surface area (Å²) >= 11 is 0. The van der Waals surface area contributed by atoms with E-state index in [0.717, 1.165) is 25.3 Å². The Labute approximate surface area is 106 Å². The van der Waals surface area contributed by atoms with Gasteiger partial charge in [-0.3, -0.25) is 4.68 Å². The molecule has 1 aromatic carbocycles. The molecule has 0 bridgehead atoms. The van der Waals surface area contributed by atoms with Crippen LogP contribution < -0.4 is 4.90 Å². The van der Waals surface area contributed by atoms with Gasteiger partial charge in [0.15, 0.2) is 5.82 Å². The third kappa shape index (κ3) is 2.38. The Morgan fingerprint density at radius 1 is 1.22 bits per heavy atom. The molecule has 4 heteroatoms. The number of aliphatic hydroxyl groups excluding tert-OH is 1. The zero-order valence-corrected chi connectivity index (χ0v) is 10.2. The maximum Gasteiger partial charge on any atom is 0.150 e. The largest absolute Gasteiger partial charge is 0.391 e. The molecular formula is C14H17N3O. The first-order valence-electron chi connectivity index (χ1n) is 6.32. The fourth-order valence-electron chi connectivity index (χ4n) is 2.33. The summed E-state index contributed by atoms with van der Waals surface area (Å²) in [6.07, 6.45) is 2.63. The maximum absolute atomic E-state index is 9.53. The molecule has 1 aliphatic heterocycles. The molecule has 1 saturated heterocycles. The van der Waals surface area contributed by atoms with E-state index in [1.807, 2.05) is 35.1 Å². The Morgan fingerprint density at radius 2 is 2.06 bits per heavy atom. The van der Waals surface area contributed by atoms with Crippen LogP contribution >= 0.6 is 0 Å². The van der Waals surface area contributed by atoms with Gasteiger partial charge in [0.1, 0.15) is 0 Å². The molecule has 1 N–H and O–H groups in total. The van der Waals surface area contributed by atoms with Gasteiger partial charge in [-0.1, -0.05) is 30.3 Å². The lowest BCUT2D eigenvalue weighted by Gasteiger charge is -2.13. The van der Waals surface area contributed by atoms with Crippen LogP contribution in [0, 0.1) is 0 Å². The molecule has 1 fully saturated rings. The van der Waals surface area contributed by atoms with E-state index in [0.29, 0.717) is 6.54 Å². The molecule has 2 heterocycles. The number of β-amino-alcohol motifs (C(OH)–C–C–N with tert-alkyl or cyclic N) is 1. The third-order valence-corrected chi connectivity index (χ3v) is 3.30. The number of anilines is 1. The zero-order valence-electron chi connectivity index (χ0n) is 10.2. The highest BCUT2D eigenvalue weighted by Gasteiger charge is 2.21. The molecule has 4 nitrogen and oxygen atoms in total. The average Bonchev–Trinajstić information content (AvgIpc) is 2.99. The lowest BCUT2D eigenvalue weighted by molar-refractivity contribution is 0.198. The standard InChI is InChI=1S/C14H17N3O/c18-13-6-8-16(11-13)14-7-9-17(15-14)10-12-4-2-1-3-5-12/h1-5,7,9,13,18H,6,8,10-11H2/t13-/m0/s1. The molecule has 0 radical (unpaired) electrons. The van der Waals surface area contributed by atoms with E-state index in [9.17, 15) is 5.11 Å². The molecule has 94 valence electrons. The minimum Gasteiger partial charge on any atom is -0.391 e. The quantitative estimate of drug-likeness (QED) is 0.888. The number of hydrogen-bond acceptors (Lipinski definition) is 3. The number of benzene rings is 1. The third-order valence-electron chi connectivity index (χ3n) is 3.30. The van der Waals surface area contributed by atoms with Crippen molar-refractivity contribution in [1.29, 1.82) is 0 Å². The van der Waals surface area contributed by atoms with Gasteiger partial charge in [0, 0.05) is 25.4 Å². The lowest BCUT2D eigenvalue weighted by atomic mass is 10.2. The number of aliphatic hydroxyl groups is 1. The summed E-state index contributed by atoms with van der Waals surface area (Å²) in [5.41, 5.74) is 1.24. The van der Waals surface area contributed by atoms with Crippen molar-refractivity contribution >= 4 is 5.82 Å². The molecule has 2 aromatic rings. The molecule has 0 unspecified atom stereocenters. The van der Waals surface area contributed by atoms with Crippen LogP contribution in [-0.4, -0.2) is 34.1 Å². The number of aromatic nitrogens is 2.